The number of carboxylic acids is 3. The smallest absolute Gasteiger partial charge is 0.550 e. The molecule has 8 nitrogen and oxygen atoms in total. The van der Waals surface area contributed by atoms with Crippen molar-refractivity contribution in [1.29, 1.82) is 0 Å². The molecular weight excluding hydrogens is 456 g/mol. The Balaban J connectivity index is -0.000000120. The van der Waals surface area contributed by atoms with Crippen molar-refractivity contribution in [3.8, 4) is 0 Å². The normalized spacial score (nSPS) is 8.29. The number of hydrogen-bond donors (Lipinski definition) is 1. The van der Waals surface area contributed by atoms with Crippen molar-refractivity contribution >= 4 is 17.9 Å². The number of aliphatic hydroxyl groups is 1. The van der Waals surface area contributed by atoms with Crippen LogP contribution in [0.4, 0.5) is 0 Å². The Morgan fingerprint density at radius 2 is 1.12 bits per heavy atom. The van der Waals surface area contributed by atoms with E-state index in [9.17, 15) is 29.7 Å². The van der Waals surface area contributed by atoms with E-state index in [1.807, 2.05) is 0 Å². The Morgan fingerprint density at radius 1 is 0.882 bits per heavy atom. The van der Waals surface area contributed by atoms with Gasteiger partial charge in [-0.1, -0.05) is 0 Å². The summed E-state index contributed by atoms with van der Waals surface area (Å²) in [5.74, 6) is -5.98. The molecule has 0 saturated heterocycles. The first-order valence-corrected chi connectivity index (χ1v) is 3.11. The van der Waals surface area contributed by atoms with Crippen LogP contribution in [0.15, 0.2) is 0 Å². The first-order chi connectivity index (χ1) is 5.78. The molecule has 0 rings (SSSR count). The molecular formula is C6H7O8Rb3. The predicted molar refractivity (Wildman–Crippen MR) is 32.8 cm³/mol. The van der Waals surface area contributed by atoms with Crippen molar-refractivity contribution < 1.29 is 215 Å². The zero-order valence-electron chi connectivity index (χ0n) is 9.81. The molecule has 0 fully saturated rings. The molecule has 0 aliphatic carbocycles. The maximum absolute atomic E-state index is 10.1. The summed E-state index contributed by atoms with van der Waals surface area (Å²) in [6, 6.07) is 0. The van der Waals surface area contributed by atoms with Crippen LogP contribution in [0.1, 0.15) is 12.8 Å². The molecule has 0 atom stereocenters. The summed E-state index contributed by atoms with van der Waals surface area (Å²) < 4.78 is 0. The fourth-order valence-corrected chi connectivity index (χ4v) is 0.684. The largest absolute Gasteiger partial charge is 1.00 e. The summed E-state index contributed by atoms with van der Waals surface area (Å²) in [7, 11) is 0. The van der Waals surface area contributed by atoms with Crippen molar-refractivity contribution in [2.24, 2.45) is 0 Å². The average Bonchev–Trinajstić information content (AvgIpc) is 1.82. The SMILES string of the molecule is O.O=C([O-])CC(O)(CC(=O)[O-])C(=O)[O-].[Rb+].[Rb+].[Rb+]. The molecule has 0 aromatic heterocycles. The molecule has 0 amide bonds. The van der Waals surface area contributed by atoms with E-state index < -0.39 is 36.4 Å². The molecule has 0 radical (unpaired) electrons. The standard InChI is InChI=1S/C6H8O7.H2O.3Rb/c7-3(8)1-6(13,5(11)12)2-4(9)10;;;;/h13H,1-2H2,(H,7,8)(H,9,10)(H,11,12);1H2;;;/q;;3*+1/p-3. The van der Waals surface area contributed by atoms with E-state index >= 15 is 0 Å². The minimum Gasteiger partial charge on any atom is -0.550 e. The van der Waals surface area contributed by atoms with Crippen LogP contribution in [-0.4, -0.2) is 34.1 Å². The van der Waals surface area contributed by atoms with Crippen LogP contribution in [0.3, 0.4) is 0 Å². The fraction of sp³-hybridized carbons (Fsp3) is 0.500. The van der Waals surface area contributed by atoms with Crippen molar-refractivity contribution in [3.63, 3.8) is 0 Å². The van der Waals surface area contributed by atoms with Gasteiger partial charge >= 0.3 is 175 Å². The quantitative estimate of drug-likeness (QED) is 0.421. The van der Waals surface area contributed by atoms with E-state index in [0.717, 1.165) is 0 Å². The van der Waals surface area contributed by atoms with Gasteiger partial charge in [0.1, 0.15) is 5.60 Å². The van der Waals surface area contributed by atoms with Crippen LogP contribution in [0, 0.1) is 0 Å². The molecule has 0 bridgehead atoms. The van der Waals surface area contributed by atoms with E-state index in [-0.39, 0.29) is 180 Å². The molecule has 0 aliphatic rings. The molecule has 0 saturated carbocycles. The van der Waals surface area contributed by atoms with Crippen LogP contribution < -0.4 is 190 Å². The summed E-state index contributed by atoms with van der Waals surface area (Å²) in [5, 5.41) is 38.9. The predicted octanol–water partition coefficient (Wildman–Crippen LogP) is -15.1. The van der Waals surface area contributed by atoms with Gasteiger partial charge in [0.25, 0.3) is 0 Å². The number of aliphatic carboxylic acids is 3. The molecule has 3 N–H and O–H groups in total. The summed E-state index contributed by atoms with van der Waals surface area (Å²) in [6.45, 7) is 0. The first kappa shape index (κ1) is 32.6. The zero-order chi connectivity index (χ0) is 10.6. The van der Waals surface area contributed by atoms with Crippen molar-refractivity contribution in [2.45, 2.75) is 18.4 Å². The van der Waals surface area contributed by atoms with E-state index in [2.05, 4.69) is 0 Å². The third-order valence-corrected chi connectivity index (χ3v) is 1.25. The van der Waals surface area contributed by atoms with E-state index in [4.69, 9.17) is 5.11 Å². The molecule has 17 heavy (non-hydrogen) atoms. The zero-order valence-corrected chi connectivity index (χ0v) is 24.6. The van der Waals surface area contributed by atoms with Crippen LogP contribution in [0.25, 0.3) is 0 Å². The second-order valence-corrected chi connectivity index (χ2v) is 2.42. The first-order valence-electron chi connectivity index (χ1n) is 3.11. The number of carbonyl (C=O) groups is 3. The van der Waals surface area contributed by atoms with E-state index in [0.29, 0.717) is 0 Å². The summed E-state index contributed by atoms with van der Waals surface area (Å²) in [6.07, 6.45) is -2.72. The van der Waals surface area contributed by atoms with Gasteiger partial charge in [0.05, 0.1) is 5.97 Å². The molecule has 0 spiro atoms. The van der Waals surface area contributed by atoms with Gasteiger partial charge in [0.15, 0.2) is 0 Å². The van der Waals surface area contributed by atoms with Gasteiger partial charge in [0, 0.05) is 24.8 Å². The van der Waals surface area contributed by atoms with Gasteiger partial charge in [-0.15, -0.1) is 0 Å². The second-order valence-electron chi connectivity index (χ2n) is 2.42. The average molecular weight is 464 g/mol. The molecule has 11 heteroatoms. The second kappa shape index (κ2) is 16.1. The van der Waals surface area contributed by atoms with Crippen molar-refractivity contribution in [2.75, 3.05) is 0 Å². The maximum Gasteiger partial charge on any atom is 1.00 e. The van der Waals surface area contributed by atoms with Crippen LogP contribution >= 0.6 is 0 Å². The van der Waals surface area contributed by atoms with Crippen LogP contribution in [-0.2, 0) is 14.4 Å². The monoisotopic (exact) mass is 462 g/mol. The summed E-state index contributed by atoms with van der Waals surface area (Å²) in [4.78, 5) is 30.0. The van der Waals surface area contributed by atoms with Crippen LogP contribution in [0.2, 0.25) is 0 Å². The number of carbonyl (C=O) groups excluding carboxylic acids is 3. The maximum atomic E-state index is 10.1. The molecule has 0 unspecified atom stereocenters. The Bertz CT molecular complexity index is 240. The molecule has 82 valence electrons. The van der Waals surface area contributed by atoms with Gasteiger partial charge in [-0.2, -0.15) is 0 Å². The Kier molecular flexibility index (Phi) is 30.9. The summed E-state index contributed by atoms with van der Waals surface area (Å²) >= 11 is 0. The molecule has 0 heterocycles. The molecule has 0 aromatic carbocycles. The molecule has 0 aromatic rings. The fourth-order valence-electron chi connectivity index (χ4n) is 0.684. The van der Waals surface area contributed by atoms with Gasteiger partial charge in [-0.25, -0.2) is 0 Å². The Morgan fingerprint density at radius 3 is 1.24 bits per heavy atom. The topological polar surface area (TPSA) is 172 Å². The van der Waals surface area contributed by atoms with E-state index in [1.165, 1.54) is 0 Å². The number of carboxylic acid groups (broad SMARTS) is 3. The number of rotatable bonds is 5. The Labute approximate surface area is 244 Å². The third kappa shape index (κ3) is 15.9. The third-order valence-electron chi connectivity index (χ3n) is 1.25. The van der Waals surface area contributed by atoms with Crippen LogP contribution in [0.5, 0.6) is 0 Å². The Hall–Kier alpha value is 3.75. The minimum absolute atomic E-state index is 0. The van der Waals surface area contributed by atoms with Gasteiger partial charge in [-0.3, -0.25) is 0 Å². The number of hydrogen-bond acceptors (Lipinski definition) is 7. The van der Waals surface area contributed by atoms with Crippen molar-refractivity contribution in [3.05, 3.63) is 0 Å². The molecule has 0 aliphatic heterocycles. The summed E-state index contributed by atoms with van der Waals surface area (Å²) in [5.41, 5.74) is -2.97. The van der Waals surface area contributed by atoms with Gasteiger partial charge in [0.2, 0.25) is 0 Å². The minimum atomic E-state index is -2.97. The van der Waals surface area contributed by atoms with E-state index in [1.54, 1.807) is 0 Å². The van der Waals surface area contributed by atoms with Crippen molar-refractivity contribution in [1.82, 2.24) is 0 Å². The van der Waals surface area contributed by atoms with Gasteiger partial charge < -0.3 is 40.3 Å². The van der Waals surface area contributed by atoms with Gasteiger partial charge in [-0.05, 0) is 0 Å².